The maximum atomic E-state index is 12.3. The van der Waals surface area contributed by atoms with E-state index < -0.39 is 17.5 Å². The fourth-order valence-electron chi connectivity index (χ4n) is 0.958. The first-order valence-corrected chi connectivity index (χ1v) is 3.84. The van der Waals surface area contributed by atoms with Crippen molar-refractivity contribution in [1.29, 1.82) is 0 Å². The number of rotatable bonds is 2. The summed E-state index contributed by atoms with van der Waals surface area (Å²) >= 11 is 5.43. The summed E-state index contributed by atoms with van der Waals surface area (Å²) in [5.41, 5.74) is 3.88. The summed E-state index contributed by atoms with van der Waals surface area (Å²) < 4.78 is 24.5. The summed E-state index contributed by atoms with van der Waals surface area (Å²) in [5.74, 6) is 0. The number of nitrogens with two attached hydrogens (primary N) is 1. The smallest absolute Gasteiger partial charge is 0.278 e. The van der Waals surface area contributed by atoms with Crippen LogP contribution in [0.25, 0.3) is 0 Å². The van der Waals surface area contributed by atoms with E-state index in [0.29, 0.717) is 0 Å². The van der Waals surface area contributed by atoms with Crippen LogP contribution in [0, 0.1) is 0 Å². The van der Waals surface area contributed by atoms with E-state index in [1.165, 1.54) is 0 Å². The van der Waals surface area contributed by atoms with Crippen molar-refractivity contribution in [3.8, 4) is 0 Å². The number of alkyl halides is 2. The second-order valence-electron chi connectivity index (χ2n) is 2.36. The standard InChI is InChI=1S/C7H7ClF2N2O/c8-4-2-12-5(7(9)10)3(1-11)6(4)13/h2,7H,1,11H2,(H,12,13). The Morgan fingerprint density at radius 3 is 2.69 bits per heavy atom. The fourth-order valence-corrected chi connectivity index (χ4v) is 1.13. The predicted molar refractivity (Wildman–Crippen MR) is 44.9 cm³/mol. The molecule has 0 unspecified atom stereocenters. The number of halogens is 3. The molecule has 1 heterocycles. The van der Waals surface area contributed by atoms with Crippen molar-refractivity contribution in [1.82, 2.24) is 4.98 Å². The van der Waals surface area contributed by atoms with Crippen molar-refractivity contribution in [3.05, 3.63) is 32.7 Å². The molecule has 0 saturated heterocycles. The zero-order valence-corrected chi connectivity index (χ0v) is 7.24. The van der Waals surface area contributed by atoms with E-state index >= 15 is 0 Å². The van der Waals surface area contributed by atoms with E-state index in [2.05, 4.69) is 4.98 Å². The topological polar surface area (TPSA) is 58.9 Å². The molecule has 3 N–H and O–H groups in total. The molecule has 0 atom stereocenters. The summed E-state index contributed by atoms with van der Waals surface area (Å²) in [6.07, 6.45) is -1.71. The van der Waals surface area contributed by atoms with Crippen LogP contribution >= 0.6 is 11.6 Å². The molecule has 0 aliphatic carbocycles. The first-order valence-electron chi connectivity index (χ1n) is 3.46. The molecule has 0 saturated carbocycles. The van der Waals surface area contributed by atoms with Gasteiger partial charge in [-0.1, -0.05) is 11.6 Å². The number of hydrogen-bond acceptors (Lipinski definition) is 2. The first-order chi connectivity index (χ1) is 6.07. The van der Waals surface area contributed by atoms with Crippen LogP contribution in [-0.2, 0) is 6.54 Å². The molecule has 6 heteroatoms. The van der Waals surface area contributed by atoms with Crippen LogP contribution in [0.3, 0.4) is 0 Å². The quantitative estimate of drug-likeness (QED) is 0.772. The molecule has 1 rings (SSSR count). The van der Waals surface area contributed by atoms with Gasteiger partial charge in [-0.3, -0.25) is 4.79 Å². The third-order valence-corrected chi connectivity index (χ3v) is 1.87. The van der Waals surface area contributed by atoms with Crippen molar-refractivity contribution in [2.45, 2.75) is 13.0 Å². The molecule has 0 aliphatic heterocycles. The van der Waals surface area contributed by atoms with Gasteiger partial charge >= 0.3 is 0 Å². The SMILES string of the molecule is NCc1c(C(F)F)[nH]cc(Cl)c1=O. The fraction of sp³-hybridized carbons (Fsp3) is 0.286. The number of H-pyrrole nitrogens is 1. The number of aromatic nitrogens is 1. The number of nitrogens with one attached hydrogen (secondary N) is 1. The molecule has 0 aliphatic rings. The lowest BCUT2D eigenvalue weighted by atomic mass is 10.2. The van der Waals surface area contributed by atoms with Crippen LogP contribution in [-0.4, -0.2) is 4.98 Å². The van der Waals surface area contributed by atoms with E-state index in [-0.39, 0.29) is 17.1 Å². The van der Waals surface area contributed by atoms with Gasteiger partial charge in [-0.05, 0) is 0 Å². The third-order valence-electron chi connectivity index (χ3n) is 1.59. The molecule has 0 bridgehead atoms. The van der Waals surface area contributed by atoms with Gasteiger partial charge in [-0.25, -0.2) is 8.78 Å². The highest BCUT2D eigenvalue weighted by Gasteiger charge is 2.16. The van der Waals surface area contributed by atoms with Crippen molar-refractivity contribution in [2.24, 2.45) is 5.73 Å². The molecule has 1 aromatic heterocycles. The lowest BCUT2D eigenvalue weighted by Crippen LogP contribution is -2.18. The minimum atomic E-state index is -2.75. The molecule has 0 radical (unpaired) electrons. The molecule has 0 fully saturated rings. The van der Waals surface area contributed by atoms with Gasteiger partial charge in [0.15, 0.2) is 0 Å². The van der Waals surface area contributed by atoms with Crippen molar-refractivity contribution in [3.63, 3.8) is 0 Å². The minimum Gasteiger partial charge on any atom is -0.359 e. The van der Waals surface area contributed by atoms with Gasteiger partial charge in [0, 0.05) is 18.3 Å². The molecular weight excluding hydrogens is 202 g/mol. The van der Waals surface area contributed by atoms with Gasteiger partial charge in [-0.15, -0.1) is 0 Å². The molecule has 0 amide bonds. The number of aromatic amines is 1. The Labute approximate surface area is 77.5 Å². The molecule has 13 heavy (non-hydrogen) atoms. The van der Waals surface area contributed by atoms with E-state index in [4.69, 9.17) is 17.3 Å². The van der Waals surface area contributed by atoms with Gasteiger partial charge < -0.3 is 10.7 Å². The van der Waals surface area contributed by atoms with Gasteiger partial charge in [0.2, 0.25) is 5.43 Å². The molecular formula is C7H7ClF2N2O. The highest BCUT2D eigenvalue weighted by atomic mass is 35.5. The second-order valence-corrected chi connectivity index (χ2v) is 2.77. The van der Waals surface area contributed by atoms with Gasteiger partial charge in [0.25, 0.3) is 6.43 Å². The highest BCUT2D eigenvalue weighted by Crippen LogP contribution is 2.19. The summed E-state index contributed by atoms with van der Waals surface area (Å²) in [6, 6.07) is 0. The van der Waals surface area contributed by atoms with Gasteiger partial charge in [0.05, 0.1) is 5.69 Å². The van der Waals surface area contributed by atoms with Gasteiger partial charge in [0.1, 0.15) is 5.02 Å². The Morgan fingerprint density at radius 2 is 2.23 bits per heavy atom. The van der Waals surface area contributed by atoms with Crippen LogP contribution in [0.2, 0.25) is 5.02 Å². The van der Waals surface area contributed by atoms with Crippen LogP contribution in [0.4, 0.5) is 8.78 Å². The zero-order chi connectivity index (χ0) is 10.0. The maximum absolute atomic E-state index is 12.3. The van der Waals surface area contributed by atoms with Crippen molar-refractivity contribution in [2.75, 3.05) is 0 Å². The molecule has 72 valence electrons. The lowest BCUT2D eigenvalue weighted by molar-refractivity contribution is 0.144. The monoisotopic (exact) mass is 208 g/mol. The summed E-state index contributed by atoms with van der Waals surface area (Å²) in [5, 5.41) is -0.134. The Kier molecular flexibility index (Phi) is 3.00. The van der Waals surface area contributed by atoms with Crippen LogP contribution < -0.4 is 11.2 Å². The lowest BCUT2D eigenvalue weighted by Gasteiger charge is -2.05. The molecule has 0 spiro atoms. The van der Waals surface area contributed by atoms with Crippen molar-refractivity contribution < 1.29 is 8.78 Å². The Hall–Kier alpha value is -0.940. The Balaban J connectivity index is 3.39. The number of pyridine rings is 1. The Bertz CT molecular complexity index is 364. The molecule has 0 aromatic carbocycles. The van der Waals surface area contributed by atoms with E-state index in [9.17, 15) is 13.6 Å². The van der Waals surface area contributed by atoms with Crippen molar-refractivity contribution >= 4 is 11.6 Å². The first kappa shape index (κ1) is 10.1. The highest BCUT2D eigenvalue weighted by molar-refractivity contribution is 6.30. The molecule has 1 aromatic rings. The average molecular weight is 209 g/mol. The zero-order valence-electron chi connectivity index (χ0n) is 6.48. The normalized spacial score (nSPS) is 10.8. The largest absolute Gasteiger partial charge is 0.359 e. The average Bonchev–Trinajstić information content (AvgIpc) is 2.09. The van der Waals surface area contributed by atoms with Crippen LogP contribution in [0.1, 0.15) is 17.7 Å². The third kappa shape index (κ3) is 1.87. The second kappa shape index (κ2) is 3.85. The van der Waals surface area contributed by atoms with Crippen LogP contribution in [0.5, 0.6) is 0 Å². The van der Waals surface area contributed by atoms with E-state index in [1.807, 2.05) is 0 Å². The van der Waals surface area contributed by atoms with E-state index in [0.717, 1.165) is 6.20 Å². The maximum Gasteiger partial charge on any atom is 0.278 e. The van der Waals surface area contributed by atoms with Crippen LogP contribution in [0.15, 0.2) is 11.0 Å². The number of hydrogen-bond donors (Lipinski definition) is 2. The minimum absolute atomic E-state index is 0.134. The summed E-state index contributed by atoms with van der Waals surface area (Å²) in [7, 11) is 0. The summed E-state index contributed by atoms with van der Waals surface area (Å²) in [4.78, 5) is 13.4. The predicted octanol–water partition coefficient (Wildman–Crippen LogP) is 1.42. The van der Waals surface area contributed by atoms with E-state index in [1.54, 1.807) is 0 Å². The van der Waals surface area contributed by atoms with Gasteiger partial charge in [-0.2, -0.15) is 0 Å². The summed E-state index contributed by atoms with van der Waals surface area (Å²) in [6.45, 7) is -0.254. The Morgan fingerprint density at radius 1 is 1.62 bits per heavy atom. The molecule has 3 nitrogen and oxygen atoms in total.